The van der Waals surface area contributed by atoms with Crippen LogP contribution in [0.25, 0.3) is 0 Å². The molecule has 7 heteroatoms. The number of methoxy groups -OCH3 is 1. The van der Waals surface area contributed by atoms with E-state index in [1.54, 1.807) is 18.2 Å². The molecule has 0 saturated carbocycles. The summed E-state index contributed by atoms with van der Waals surface area (Å²) in [7, 11) is -2.23. The molecule has 108 valence electrons. The Labute approximate surface area is 118 Å². The van der Waals surface area contributed by atoms with Gasteiger partial charge in [-0.15, -0.1) is 0 Å². The predicted octanol–water partition coefficient (Wildman–Crippen LogP) is 1.20. The first-order valence-corrected chi connectivity index (χ1v) is 7.64. The maximum absolute atomic E-state index is 12.0. The molecule has 0 aliphatic carbocycles. The summed E-state index contributed by atoms with van der Waals surface area (Å²) in [6, 6.07) is 8.48. The van der Waals surface area contributed by atoms with Gasteiger partial charge in [-0.1, -0.05) is 18.2 Å². The first kappa shape index (κ1) is 16.1. The Kier molecular flexibility index (Phi) is 6.15. The summed E-state index contributed by atoms with van der Waals surface area (Å²) in [5, 5.41) is 8.37. The molecule has 0 aromatic heterocycles. The van der Waals surface area contributed by atoms with Crippen molar-refractivity contribution in [3.05, 3.63) is 35.4 Å². The predicted molar refractivity (Wildman–Crippen MR) is 73.3 cm³/mol. The largest absolute Gasteiger partial charge is 0.380 e. The van der Waals surface area contributed by atoms with Crippen LogP contribution in [0.1, 0.15) is 28.8 Å². The summed E-state index contributed by atoms with van der Waals surface area (Å²) in [5.74, 6) is -0.937. The molecule has 1 N–H and O–H groups in total. The number of unbranched alkanes of at least 4 members (excludes halogenated alkanes) is 1. The zero-order chi connectivity index (χ0) is 15.0. The summed E-state index contributed by atoms with van der Waals surface area (Å²) < 4.78 is 30.3. The second-order valence-corrected chi connectivity index (χ2v) is 5.94. The molecule has 0 saturated heterocycles. The van der Waals surface area contributed by atoms with Gasteiger partial charge in [0.05, 0.1) is 18.4 Å². The highest BCUT2D eigenvalue weighted by atomic mass is 32.2. The highest BCUT2D eigenvalue weighted by Gasteiger charge is 2.17. The summed E-state index contributed by atoms with van der Waals surface area (Å²) in [6.07, 6.45) is 0.328. The van der Waals surface area contributed by atoms with E-state index in [1.165, 1.54) is 13.2 Å². The lowest BCUT2D eigenvalue weighted by atomic mass is 10.1. The van der Waals surface area contributed by atoms with Gasteiger partial charge in [0.15, 0.2) is 0 Å². The van der Waals surface area contributed by atoms with Crippen LogP contribution in [0.5, 0.6) is 0 Å². The third kappa shape index (κ3) is 4.99. The Morgan fingerprint density at radius 1 is 1.40 bits per heavy atom. The molecule has 0 atom stereocenters. The number of hydrogen-bond acceptors (Lipinski definition) is 5. The van der Waals surface area contributed by atoms with Crippen LogP contribution >= 0.6 is 0 Å². The SMILES string of the molecule is COCc1ccccc1C(=O)NS(=O)(=O)CCCC#N. The number of ether oxygens (including phenoxy) is 1. The first-order chi connectivity index (χ1) is 9.50. The number of nitrogens with zero attached hydrogens (tertiary/aromatic N) is 1. The second kappa shape index (κ2) is 7.62. The van der Waals surface area contributed by atoms with Gasteiger partial charge in [0.25, 0.3) is 5.91 Å². The summed E-state index contributed by atoms with van der Waals surface area (Å²) >= 11 is 0. The van der Waals surface area contributed by atoms with Gasteiger partial charge in [-0.3, -0.25) is 4.79 Å². The van der Waals surface area contributed by atoms with E-state index in [0.717, 1.165) is 0 Å². The fraction of sp³-hybridized carbons (Fsp3) is 0.385. The van der Waals surface area contributed by atoms with Gasteiger partial charge in [0.1, 0.15) is 0 Å². The number of carbonyl (C=O) groups excluding carboxylic acids is 1. The number of nitrogens with one attached hydrogen (secondary N) is 1. The quantitative estimate of drug-likeness (QED) is 0.762. The third-order valence-corrected chi connectivity index (χ3v) is 3.83. The van der Waals surface area contributed by atoms with Crippen molar-refractivity contribution in [2.75, 3.05) is 12.9 Å². The monoisotopic (exact) mass is 296 g/mol. The van der Waals surface area contributed by atoms with Gasteiger partial charge >= 0.3 is 0 Å². The van der Waals surface area contributed by atoms with E-state index >= 15 is 0 Å². The van der Waals surface area contributed by atoms with E-state index in [0.29, 0.717) is 5.56 Å². The Balaban J connectivity index is 2.79. The minimum absolute atomic E-state index is 0.134. The van der Waals surface area contributed by atoms with Crippen molar-refractivity contribution in [3.63, 3.8) is 0 Å². The Morgan fingerprint density at radius 2 is 2.10 bits per heavy atom. The van der Waals surface area contributed by atoms with Gasteiger partial charge in [0, 0.05) is 19.1 Å². The van der Waals surface area contributed by atoms with Crippen LogP contribution in [-0.4, -0.2) is 27.2 Å². The molecule has 6 nitrogen and oxygen atoms in total. The van der Waals surface area contributed by atoms with E-state index < -0.39 is 15.9 Å². The Morgan fingerprint density at radius 3 is 2.75 bits per heavy atom. The van der Waals surface area contributed by atoms with E-state index in [4.69, 9.17) is 10.00 Å². The lowest BCUT2D eigenvalue weighted by Gasteiger charge is -2.09. The molecule has 0 fully saturated rings. The van der Waals surface area contributed by atoms with E-state index in [9.17, 15) is 13.2 Å². The molecule has 0 aliphatic heterocycles. The molecule has 20 heavy (non-hydrogen) atoms. The van der Waals surface area contributed by atoms with Crippen LogP contribution in [0.2, 0.25) is 0 Å². The minimum Gasteiger partial charge on any atom is -0.380 e. The normalized spacial score (nSPS) is 10.8. The fourth-order valence-corrected chi connectivity index (χ4v) is 2.63. The Hall–Kier alpha value is -1.91. The van der Waals surface area contributed by atoms with Gasteiger partial charge in [0.2, 0.25) is 10.0 Å². The van der Waals surface area contributed by atoms with Crippen molar-refractivity contribution in [2.45, 2.75) is 19.4 Å². The molecule has 0 radical (unpaired) electrons. The lowest BCUT2D eigenvalue weighted by molar-refractivity contribution is 0.0976. The van der Waals surface area contributed by atoms with Crippen LogP contribution in [0.4, 0.5) is 0 Å². The van der Waals surface area contributed by atoms with Crippen molar-refractivity contribution in [3.8, 4) is 6.07 Å². The number of benzene rings is 1. The summed E-state index contributed by atoms with van der Waals surface area (Å²) in [6.45, 7) is 0.220. The minimum atomic E-state index is -3.72. The summed E-state index contributed by atoms with van der Waals surface area (Å²) in [4.78, 5) is 12.0. The number of carbonyl (C=O) groups is 1. The highest BCUT2D eigenvalue weighted by Crippen LogP contribution is 2.10. The van der Waals surface area contributed by atoms with Crippen molar-refractivity contribution in [2.24, 2.45) is 0 Å². The van der Waals surface area contributed by atoms with E-state index in [2.05, 4.69) is 0 Å². The maximum Gasteiger partial charge on any atom is 0.265 e. The van der Waals surface area contributed by atoms with Crippen LogP contribution < -0.4 is 4.72 Å². The van der Waals surface area contributed by atoms with Gasteiger partial charge in [-0.05, 0) is 18.1 Å². The molecule has 0 unspecified atom stereocenters. The number of hydrogen-bond donors (Lipinski definition) is 1. The zero-order valence-electron chi connectivity index (χ0n) is 11.1. The highest BCUT2D eigenvalue weighted by molar-refractivity contribution is 7.90. The molecule has 0 heterocycles. The maximum atomic E-state index is 12.0. The van der Waals surface area contributed by atoms with E-state index in [-0.39, 0.29) is 30.8 Å². The average molecular weight is 296 g/mol. The number of sulfonamides is 1. The van der Waals surface area contributed by atoms with Crippen molar-refractivity contribution >= 4 is 15.9 Å². The number of rotatable bonds is 7. The van der Waals surface area contributed by atoms with Crippen LogP contribution in [-0.2, 0) is 21.4 Å². The van der Waals surface area contributed by atoms with Crippen LogP contribution in [0.3, 0.4) is 0 Å². The van der Waals surface area contributed by atoms with Crippen LogP contribution in [0.15, 0.2) is 24.3 Å². The smallest absolute Gasteiger partial charge is 0.265 e. The van der Waals surface area contributed by atoms with Crippen molar-refractivity contribution in [1.82, 2.24) is 4.72 Å². The average Bonchev–Trinajstić information content (AvgIpc) is 2.39. The molecule has 0 spiro atoms. The molecular weight excluding hydrogens is 280 g/mol. The Bertz CT molecular complexity index is 605. The fourth-order valence-electron chi connectivity index (χ4n) is 1.61. The molecule has 1 amide bonds. The molecule has 0 bridgehead atoms. The molecule has 1 aromatic carbocycles. The number of nitriles is 1. The first-order valence-electron chi connectivity index (χ1n) is 5.99. The molecular formula is C13H16N2O4S. The third-order valence-electron chi connectivity index (χ3n) is 2.51. The van der Waals surface area contributed by atoms with Crippen molar-refractivity contribution in [1.29, 1.82) is 5.26 Å². The standard InChI is InChI=1S/C13H16N2O4S/c1-19-10-11-6-2-3-7-12(11)13(16)15-20(17,18)9-5-4-8-14/h2-3,6-7H,4-5,9-10H2,1H3,(H,15,16). The number of amides is 1. The van der Waals surface area contributed by atoms with Gasteiger partial charge in [-0.25, -0.2) is 13.1 Å². The lowest BCUT2D eigenvalue weighted by Crippen LogP contribution is -2.33. The zero-order valence-corrected chi connectivity index (χ0v) is 11.9. The van der Waals surface area contributed by atoms with Gasteiger partial charge in [-0.2, -0.15) is 5.26 Å². The summed E-state index contributed by atoms with van der Waals surface area (Å²) in [5.41, 5.74) is 0.873. The van der Waals surface area contributed by atoms with Gasteiger partial charge < -0.3 is 4.74 Å². The van der Waals surface area contributed by atoms with Crippen LogP contribution in [0, 0.1) is 11.3 Å². The topological polar surface area (TPSA) is 96.3 Å². The second-order valence-electron chi connectivity index (χ2n) is 4.10. The molecule has 1 rings (SSSR count). The molecule has 0 aliphatic rings. The van der Waals surface area contributed by atoms with E-state index in [1.807, 2.05) is 10.8 Å². The van der Waals surface area contributed by atoms with Crippen molar-refractivity contribution < 1.29 is 17.9 Å². The molecule has 1 aromatic rings.